The molecule has 0 saturated heterocycles. The zero-order valence-electron chi connectivity index (χ0n) is 11.0. The fourth-order valence-corrected chi connectivity index (χ4v) is 1.97. The van der Waals surface area contributed by atoms with Crippen LogP contribution >= 0.6 is 0 Å². The number of ether oxygens (including phenoxy) is 2. The summed E-state index contributed by atoms with van der Waals surface area (Å²) in [5, 5.41) is 4.93. The van der Waals surface area contributed by atoms with Crippen molar-refractivity contribution in [3.63, 3.8) is 0 Å². The molecule has 0 saturated carbocycles. The lowest BCUT2D eigenvalue weighted by Crippen LogP contribution is -2.18. The van der Waals surface area contributed by atoms with Crippen LogP contribution in [-0.2, 0) is 19.5 Å². The topological polar surface area (TPSA) is 78.6 Å². The van der Waals surface area contributed by atoms with Crippen molar-refractivity contribution in [3.05, 3.63) is 0 Å². The SMILES string of the molecule is CC(CCOCCOC(C)C)CCS(N)(=O)=O. The van der Waals surface area contributed by atoms with Gasteiger partial charge in [-0.2, -0.15) is 0 Å². The first-order valence-electron chi connectivity index (χ1n) is 6.01. The molecule has 0 fully saturated rings. The van der Waals surface area contributed by atoms with E-state index < -0.39 is 10.0 Å². The highest BCUT2D eigenvalue weighted by molar-refractivity contribution is 7.89. The Balaban J connectivity index is 3.36. The quantitative estimate of drug-likeness (QED) is 0.602. The van der Waals surface area contributed by atoms with Crippen LogP contribution in [0.3, 0.4) is 0 Å². The van der Waals surface area contributed by atoms with Crippen LogP contribution in [0.25, 0.3) is 0 Å². The van der Waals surface area contributed by atoms with Gasteiger partial charge in [0.15, 0.2) is 0 Å². The lowest BCUT2D eigenvalue weighted by atomic mass is 10.1. The third-order valence-corrected chi connectivity index (χ3v) is 3.13. The molecule has 1 atom stereocenters. The normalized spacial score (nSPS) is 14.2. The van der Waals surface area contributed by atoms with E-state index in [1.165, 1.54) is 0 Å². The molecule has 0 amide bonds. The van der Waals surface area contributed by atoms with Crippen LogP contribution in [0.1, 0.15) is 33.6 Å². The minimum Gasteiger partial charge on any atom is -0.379 e. The zero-order chi connectivity index (χ0) is 13.3. The first-order chi connectivity index (χ1) is 7.81. The molecule has 5 nitrogen and oxygen atoms in total. The summed E-state index contributed by atoms with van der Waals surface area (Å²) in [5.41, 5.74) is 0. The molecule has 0 bridgehead atoms. The first-order valence-corrected chi connectivity index (χ1v) is 7.72. The highest BCUT2D eigenvalue weighted by Crippen LogP contribution is 2.08. The van der Waals surface area contributed by atoms with Crippen molar-refractivity contribution in [2.45, 2.75) is 39.7 Å². The lowest BCUT2D eigenvalue weighted by Gasteiger charge is -2.11. The van der Waals surface area contributed by atoms with Crippen molar-refractivity contribution in [2.75, 3.05) is 25.6 Å². The number of hydrogen-bond donors (Lipinski definition) is 1. The Morgan fingerprint density at radius 1 is 1.06 bits per heavy atom. The van der Waals surface area contributed by atoms with Crippen molar-refractivity contribution >= 4 is 10.0 Å². The third kappa shape index (κ3) is 13.8. The van der Waals surface area contributed by atoms with Crippen LogP contribution < -0.4 is 5.14 Å². The molecule has 0 aromatic carbocycles. The van der Waals surface area contributed by atoms with Gasteiger partial charge < -0.3 is 9.47 Å². The first kappa shape index (κ1) is 16.8. The Labute approximate surface area is 105 Å². The maximum atomic E-state index is 10.7. The van der Waals surface area contributed by atoms with Gasteiger partial charge in [-0.1, -0.05) is 6.92 Å². The molecule has 104 valence electrons. The van der Waals surface area contributed by atoms with Gasteiger partial charge in [0.2, 0.25) is 10.0 Å². The van der Waals surface area contributed by atoms with Gasteiger partial charge in [0.1, 0.15) is 0 Å². The predicted molar refractivity (Wildman–Crippen MR) is 68.3 cm³/mol. The monoisotopic (exact) mass is 267 g/mol. The van der Waals surface area contributed by atoms with Gasteiger partial charge in [-0.25, -0.2) is 13.6 Å². The second-order valence-corrected chi connectivity index (χ2v) is 6.32. The number of rotatable bonds is 10. The second-order valence-electron chi connectivity index (χ2n) is 4.58. The molecule has 0 aliphatic rings. The van der Waals surface area contributed by atoms with E-state index in [0.717, 1.165) is 6.42 Å². The summed E-state index contributed by atoms with van der Waals surface area (Å²) in [6.07, 6.45) is 1.66. The highest BCUT2D eigenvalue weighted by Gasteiger charge is 2.08. The molecule has 0 heterocycles. The van der Waals surface area contributed by atoms with Crippen molar-refractivity contribution < 1.29 is 17.9 Å². The molecule has 0 aromatic heterocycles. The molecule has 0 aliphatic heterocycles. The van der Waals surface area contributed by atoms with Crippen LogP contribution in [-0.4, -0.2) is 40.1 Å². The molecule has 0 spiro atoms. The summed E-state index contributed by atoms with van der Waals surface area (Å²) in [6, 6.07) is 0. The van der Waals surface area contributed by atoms with E-state index in [1.54, 1.807) is 0 Å². The number of nitrogens with two attached hydrogens (primary N) is 1. The summed E-state index contributed by atoms with van der Waals surface area (Å²) in [5.74, 6) is 0.351. The Kier molecular flexibility index (Phi) is 8.77. The summed E-state index contributed by atoms with van der Waals surface area (Å²) in [4.78, 5) is 0. The number of hydrogen-bond acceptors (Lipinski definition) is 4. The predicted octanol–water partition coefficient (Wildman–Crippen LogP) is 1.13. The largest absolute Gasteiger partial charge is 0.379 e. The van der Waals surface area contributed by atoms with E-state index in [-0.39, 0.29) is 11.9 Å². The van der Waals surface area contributed by atoms with Crippen LogP contribution in [0, 0.1) is 5.92 Å². The van der Waals surface area contributed by atoms with Crippen molar-refractivity contribution in [3.8, 4) is 0 Å². The highest BCUT2D eigenvalue weighted by atomic mass is 32.2. The second kappa shape index (κ2) is 8.85. The van der Waals surface area contributed by atoms with Crippen molar-refractivity contribution in [1.29, 1.82) is 0 Å². The Bertz CT molecular complexity index is 277. The minimum absolute atomic E-state index is 0.0463. The molecule has 0 aliphatic carbocycles. The molecule has 1 unspecified atom stereocenters. The van der Waals surface area contributed by atoms with Crippen molar-refractivity contribution in [2.24, 2.45) is 11.1 Å². The van der Waals surface area contributed by atoms with Gasteiger partial charge in [-0.15, -0.1) is 0 Å². The van der Waals surface area contributed by atoms with Crippen LogP contribution in [0.15, 0.2) is 0 Å². The summed E-state index contributed by atoms with van der Waals surface area (Å²) in [7, 11) is -3.33. The average Bonchev–Trinajstić information content (AvgIpc) is 2.19. The third-order valence-electron chi connectivity index (χ3n) is 2.33. The van der Waals surface area contributed by atoms with Crippen LogP contribution in [0.4, 0.5) is 0 Å². The smallest absolute Gasteiger partial charge is 0.209 e. The van der Waals surface area contributed by atoms with E-state index in [2.05, 4.69) is 0 Å². The maximum absolute atomic E-state index is 10.7. The zero-order valence-corrected chi connectivity index (χ0v) is 11.8. The molecule has 2 N–H and O–H groups in total. The standard InChI is InChI=1S/C11H25NO4S/c1-10(2)16-8-7-15-6-4-11(3)5-9-17(12,13)14/h10-11H,4-9H2,1-3H3,(H2,12,13,14). The van der Waals surface area contributed by atoms with E-state index in [0.29, 0.717) is 32.2 Å². The molecule has 0 aromatic rings. The summed E-state index contributed by atoms with van der Waals surface area (Å²) < 4.78 is 32.2. The van der Waals surface area contributed by atoms with Crippen LogP contribution in [0.5, 0.6) is 0 Å². The summed E-state index contributed by atoms with van der Waals surface area (Å²) >= 11 is 0. The van der Waals surface area contributed by atoms with E-state index in [1.807, 2.05) is 20.8 Å². The van der Waals surface area contributed by atoms with Crippen molar-refractivity contribution in [1.82, 2.24) is 0 Å². The Morgan fingerprint density at radius 3 is 2.24 bits per heavy atom. The molecule has 0 rings (SSSR count). The Morgan fingerprint density at radius 2 is 1.71 bits per heavy atom. The van der Waals surface area contributed by atoms with Gasteiger partial charge >= 0.3 is 0 Å². The number of primary sulfonamides is 1. The van der Waals surface area contributed by atoms with Crippen LogP contribution in [0.2, 0.25) is 0 Å². The molecule has 6 heteroatoms. The lowest BCUT2D eigenvalue weighted by molar-refractivity contribution is 0.0167. The molecular formula is C11H25NO4S. The fourth-order valence-electron chi connectivity index (χ4n) is 1.24. The number of sulfonamides is 1. The summed E-state index contributed by atoms with van der Waals surface area (Å²) in [6.45, 7) is 7.78. The van der Waals surface area contributed by atoms with Gasteiger partial charge in [0.25, 0.3) is 0 Å². The average molecular weight is 267 g/mol. The molecular weight excluding hydrogens is 242 g/mol. The Hall–Kier alpha value is -0.170. The molecule has 17 heavy (non-hydrogen) atoms. The van der Waals surface area contributed by atoms with E-state index in [9.17, 15) is 8.42 Å². The minimum atomic E-state index is -3.33. The maximum Gasteiger partial charge on any atom is 0.209 e. The van der Waals surface area contributed by atoms with E-state index in [4.69, 9.17) is 14.6 Å². The van der Waals surface area contributed by atoms with Gasteiger partial charge in [0.05, 0.1) is 25.1 Å². The fraction of sp³-hybridized carbons (Fsp3) is 1.00. The molecule has 0 radical (unpaired) electrons. The van der Waals surface area contributed by atoms with E-state index >= 15 is 0 Å². The van der Waals surface area contributed by atoms with Gasteiger partial charge in [-0.05, 0) is 32.6 Å². The van der Waals surface area contributed by atoms with Gasteiger partial charge in [-0.3, -0.25) is 0 Å². The van der Waals surface area contributed by atoms with Gasteiger partial charge in [0, 0.05) is 6.61 Å².